The van der Waals surface area contributed by atoms with Crippen LogP contribution in [0.15, 0.2) is 30.3 Å². The Kier molecular flexibility index (Phi) is 6.20. The maximum atomic E-state index is 8.36. The monoisotopic (exact) mass is 233 g/mol. The zero-order valence-electron chi connectivity index (χ0n) is 9.10. The number of ether oxygens (including phenoxy) is 1. The highest BCUT2D eigenvalue weighted by Gasteiger charge is 1.92. The molecule has 0 saturated heterocycles. The fourth-order valence-corrected chi connectivity index (χ4v) is 1.33. The van der Waals surface area contributed by atoms with Gasteiger partial charge in [-0.05, 0) is 29.9 Å². The molecule has 1 rings (SSSR count). The van der Waals surface area contributed by atoms with Gasteiger partial charge in [0.05, 0.1) is 12.5 Å². The standard InChI is InChI=1S/C13H15NOS/c14-9-3-10-15-13-7-5-12(6-8-13)4-1-2-11-16/h1,4-8,16H,2-3,10-11H2. The Balaban J connectivity index is 2.45. The highest BCUT2D eigenvalue weighted by molar-refractivity contribution is 7.80. The highest BCUT2D eigenvalue weighted by atomic mass is 32.1. The number of nitriles is 1. The Morgan fingerprint density at radius 3 is 2.69 bits per heavy atom. The second-order valence-electron chi connectivity index (χ2n) is 3.24. The molecule has 0 aliphatic carbocycles. The van der Waals surface area contributed by atoms with Crippen molar-refractivity contribution in [3.05, 3.63) is 35.9 Å². The summed E-state index contributed by atoms with van der Waals surface area (Å²) in [6, 6.07) is 9.86. The molecule has 0 unspecified atom stereocenters. The molecular formula is C13H15NOS. The predicted molar refractivity (Wildman–Crippen MR) is 69.7 cm³/mol. The van der Waals surface area contributed by atoms with Crippen LogP contribution >= 0.6 is 12.6 Å². The van der Waals surface area contributed by atoms with Crippen molar-refractivity contribution in [1.82, 2.24) is 0 Å². The van der Waals surface area contributed by atoms with Crippen molar-refractivity contribution < 1.29 is 4.74 Å². The summed E-state index contributed by atoms with van der Waals surface area (Å²) < 4.78 is 5.37. The van der Waals surface area contributed by atoms with Crippen LogP contribution in [-0.2, 0) is 0 Å². The van der Waals surface area contributed by atoms with E-state index in [0.29, 0.717) is 13.0 Å². The molecule has 84 valence electrons. The molecule has 3 heteroatoms. The topological polar surface area (TPSA) is 33.0 Å². The Morgan fingerprint density at radius 1 is 1.31 bits per heavy atom. The van der Waals surface area contributed by atoms with E-state index in [2.05, 4.69) is 24.8 Å². The maximum absolute atomic E-state index is 8.36. The average Bonchev–Trinajstić information content (AvgIpc) is 2.32. The lowest BCUT2D eigenvalue weighted by Gasteiger charge is -2.03. The van der Waals surface area contributed by atoms with Crippen molar-refractivity contribution in [3.8, 4) is 11.8 Å². The van der Waals surface area contributed by atoms with E-state index in [-0.39, 0.29) is 0 Å². The Hall–Kier alpha value is -1.40. The number of hydrogen-bond acceptors (Lipinski definition) is 3. The van der Waals surface area contributed by atoms with Gasteiger partial charge in [0.1, 0.15) is 12.4 Å². The molecule has 1 aromatic rings. The molecule has 0 amide bonds. The van der Waals surface area contributed by atoms with E-state index in [0.717, 1.165) is 23.5 Å². The summed E-state index contributed by atoms with van der Waals surface area (Å²) in [7, 11) is 0. The van der Waals surface area contributed by atoms with Gasteiger partial charge in [-0.3, -0.25) is 0 Å². The van der Waals surface area contributed by atoms with Crippen LogP contribution < -0.4 is 4.74 Å². The molecule has 0 spiro atoms. The van der Waals surface area contributed by atoms with Crippen molar-refractivity contribution in [2.24, 2.45) is 0 Å². The van der Waals surface area contributed by atoms with Gasteiger partial charge in [0.15, 0.2) is 0 Å². The fraction of sp³-hybridized carbons (Fsp3) is 0.308. The second kappa shape index (κ2) is 7.84. The zero-order chi connectivity index (χ0) is 11.6. The van der Waals surface area contributed by atoms with Crippen LogP contribution in [0.4, 0.5) is 0 Å². The summed E-state index contributed by atoms with van der Waals surface area (Å²) in [5.41, 5.74) is 1.15. The lowest BCUT2D eigenvalue weighted by molar-refractivity contribution is 0.326. The van der Waals surface area contributed by atoms with Gasteiger partial charge in [-0.25, -0.2) is 0 Å². The van der Waals surface area contributed by atoms with Crippen molar-refractivity contribution in [1.29, 1.82) is 5.26 Å². The number of hydrogen-bond donors (Lipinski definition) is 1. The average molecular weight is 233 g/mol. The van der Waals surface area contributed by atoms with E-state index in [1.54, 1.807) is 0 Å². The molecule has 1 aromatic carbocycles. The number of thiol groups is 1. The first kappa shape index (κ1) is 12.7. The van der Waals surface area contributed by atoms with E-state index in [1.807, 2.05) is 30.3 Å². The smallest absolute Gasteiger partial charge is 0.119 e. The summed E-state index contributed by atoms with van der Waals surface area (Å²) in [5, 5.41) is 8.36. The van der Waals surface area contributed by atoms with Crippen LogP contribution in [0.2, 0.25) is 0 Å². The van der Waals surface area contributed by atoms with Gasteiger partial charge >= 0.3 is 0 Å². The molecule has 0 fully saturated rings. The Morgan fingerprint density at radius 2 is 2.06 bits per heavy atom. The molecule has 0 N–H and O–H groups in total. The minimum atomic E-state index is 0.420. The van der Waals surface area contributed by atoms with Gasteiger partial charge in [-0.2, -0.15) is 17.9 Å². The molecule has 0 bridgehead atoms. The minimum absolute atomic E-state index is 0.420. The van der Waals surface area contributed by atoms with Crippen molar-refractivity contribution >= 4 is 18.7 Å². The largest absolute Gasteiger partial charge is 0.493 e. The highest BCUT2D eigenvalue weighted by Crippen LogP contribution is 2.13. The van der Waals surface area contributed by atoms with Crippen LogP contribution in [0.5, 0.6) is 5.75 Å². The molecule has 0 atom stereocenters. The molecular weight excluding hydrogens is 218 g/mol. The quantitative estimate of drug-likeness (QED) is 0.604. The van der Waals surface area contributed by atoms with E-state index in [9.17, 15) is 0 Å². The zero-order valence-corrected chi connectivity index (χ0v) is 9.99. The molecule has 0 aromatic heterocycles. The molecule has 2 nitrogen and oxygen atoms in total. The van der Waals surface area contributed by atoms with Crippen LogP contribution in [0.25, 0.3) is 6.08 Å². The Bertz CT molecular complexity index is 365. The van der Waals surface area contributed by atoms with E-state index < -0.39 is 0 Å². The van der Waals surface area contributed by atoms with Gasteiger partial charge in [-0.15, -0.1) is 0 Å². The third-order valence-corrected chi connectivity index (χ3v) is 2.23. The fourth-order valence-electron chi connectivity index (χ4n) is 1.18. The lowest BCUT2D eigenvalue weighted by atomic mass is 10.2. The molecule has 0 heterocycles. The minimum Gasteiger partial charge on any atom is -0.493 e. The first-order chi connectivity index (χ1) is 7.86. The number of nitrogens with zero attached hydrogens (tertiary/aromatic N) is 1. The first-order valence-electron chi connectivity index (χ1n) is 5.24. The normalized spacial score (nSPS) is 10.2. The van der Waals surface area contributed by atoms with Crippen molar-refractivity contribution in [2.75, 3.05) is 12.4 Å². The first-order valence-corrected chi connectivity index (χ1v) is 5.87. The summed E-state index contributed by atoms with van der Waals surface area (Å²) in [4.78, 5) is 0. The molecule has 16 heavy (non-hydrogen) atoms. The third kappa shape index (κ3) is 4.90. The van der Waals surface area contributed by atoms with Gasteiger partial charge < -0.3 is 4.74 Å². The molecule has 0 saturated carbocycles. The molecule has 0 aliphatic heterocycles. The second-order valence-corrected chi connectivity index (χ2v) is 3.69. The summed E-state index contributed by atoms with van der Waals surface area (Å²) in [6.45, 7) is 0.450. The summed E-state index contributed by atoms with van der Waals surface area (Å²) >= 11 is 4.13. The van der Waals surface area contributed by atoms with Crippen molar-refractivity contribution in [2.45, 2.75) is 12.8 Å². The van der Waals surface area contributed by atoms with Crippen LogP contribution in [-0.4, -0.2) is 12.4 Å². The van der Waals surface area contributed by atoms with Crippen LogP contribution in [0, 0.1) is 11.3 Å². The lowest BCUT2D eigenvalue weighted by Crippen LogP contribution is -1.95. The van der Waals surface area contributed by atoms with Crippen molar-refractivity contribution in [3.63, 3.8) is 0 Å². The van der Waals surface area contributed by atoms with Gasteiger partial charge in [0.2, 0.25) is 0 Å². The van der Waals surface area contributed by atoms with Crippen LogP contribution in [0.1, 0.15) is 18.4 Å². The van der Waals surface area contributed by atoms with Gasteiger partial charge in [0.25, 0.3) is 0 Å². The van der Waals surface area contributed by atoms with Crippen LogP contribution in [0.3, 0.4) is 0 Å². The van der Waals surface area contributed by atoms with Gasteiger partial charge in [-0.1, -0.05) is 24.3 Å². The van der Waals surface area contributed by atoms with Gasteiger partial charge in [0, 0.05) is 0 Å². The number of allylic oxidation sites excluding steroid dienone is 1. The SMILES string of the molecule is N#CCCOc1ccc(C=CCCS)cc1. The molecule has 0 radical (unpaired) electrons. The predicted octanol–water partition coefficient (Wildman–Crippen LogP) is 3.31. The summed E-state index contributed by atoms with van der Waals surface area (Å²) in [5.74, 6) is 1.67. The number of rotatable bonds is 6. The maximum Gasteiger partial charge on any atom is 0.119 e. The summed E-state index contributed by atoms with van der Waals surface area (Å²) in [6.07, 6.45) is 5.56. The Labute approximate surface area is 102 Å². The molecule has 0 aliphatic rings. The number of benzene rings is 1. The third-order valence-electron chi connectivity index (χ3n) is 1.97. The van der Waals surface area contributed by atoms with E-state index in [4.69, 9.17) is 10.00 Å². The van der Waals surface area contributed by atoms with E-state index in [1.165, 1.54) is 0 Å². The van der Waals surface area contributed by atoms with E-state index >= 15 is 0 Å².